The summed E-state index contributed by atoms with van der Waals surface area (Å²) >= 11 is 0. The zero-order valence-electron chi connectivity index (χ0n) is 5.49. The highest BCUT2D eigenvalue weighted by molar-refractivity contribution is 7.92. The van der Waals surface area contributed by atoms with Crippen molar-refractivity contribution in [2.24, 2.45) is 0 Å². The summed E-state index contributed by atoms with van der Waals surface area (Å²) in [7, 11) is -3.12. The van der Waals surface area contributed by atoms with Crippen LogP contribution in [0.3, 0.4) is 0 Å². The fraction of sp³-hybridized carbons (Fsp3) is 0.800. The number of carbonyl (C=O) groups is 1. The average Bonchev–Trinajstić information content (AvgIpc) is 1.65. The zero-order chi connectivity index (χ0) is 7.49. The molecule has 0 aromatic heterocycles. The number of rotatable bonds is 3. The third kappa shape index (κ3) is 2.60. The molecule has 0 bridgehead atoms. The predicted octanol–water partition coefficient (Wildman–Crippen LogP) is 0.00850. The normalized spacial score (nSPS) is 11.9. The van der Waals surface area contributed by atoms with E-state index in [-0.39, 0.29) is 5.75 Å². The Bertz CT molecular complexity index is 178. The van der Waals surface area contributed by atoms with Crippen molar-refractivity contribution in [3.05, 3.63) is 0 Å². The molecule has 0 aromatic carbocycles. The van der Waals surface area contributed by atoms with Crippen molar-refractivity contribution >= 4 is 16.1 Å². The summed E-state index contributed by atoms with van der Waals surface area (Å²) in [5.41, 5.74) is 0. The molecule has 0 N–H and O–H groups in total. The number of sulfone groups is 1. The fourth-order valence-corrected chi connectivity index (χ4v) is 0.862. The minimum atomic E-state index is -3.12. The van der Waals surface area contributed by atoms with E-state index in [1.165, 1.54) is 0 Å². The topological polar surface area (TPSA) is 51.2 Å². The summed E-state index contributed by atoms with van der Waals surface area (Å²) < 4.78 is 21.4. The summed E-state index contributed by atoms with van der Waals surface area (Å²) in [6, 6.07) is 0. The molecule has 9 heavy (non-hydrogen) atoms. The van der Waals surface area contributed by atoms with E-state index in [2.05, 4.69) is 0 Å². The molecule has 0 aromatic rings. The van der Waals surface area contributed by atoms with Gasteiger partial charge >= 0.3 is 0 Å². The van der Waals surface area contributed by atoms with Crippen LogP contribution in [-0.2, 0) is 14.6 Å². The van der Waals surface area contributed by atoms with Crippen LogP contribution in [0, 0.1) is 0 Å². The van der Waals surface area contributed by atoms with Gasteiger partial charge in [-0.15, -0.1) is 0 Å². The Morgan fingerprint density at radius 1 is 1.44 bits per heavy atom. The lowest BCUT2D eigenvalue weighted by Crippen LogP contribution is -2.18. The van der Waals surface area contributed by atoms with Gasteiger partial charge < -0.3 is 4.79 Å². The van der Waals surface area contributed by atoms with Crippen LogP contribution in [0.15, 0.2) is 0 Å². The number of aldehydes is 1. The molecule has 0 saturated carbocycles. The van der Waals surface area contributed by atoms with Crippen LogP contribution in [0.1, 0.15) is 13.8 Å². The van der Waals surface area contributed by atoms with Crippen LogP contribution in [0.5, 0.6) is 0 Å². The van der Waals surface area contributed by atoms with E-state index >= 15 is 0 Å². The third-order valence-electron chi connectivity index (χ3n) is 1.02. The second-order valence-electron chi connectivity index (χ2n) is 2.04. The van der Waals surface area contributed by atoms with Gasteiger partial charge in [0.05, 0.1) is 5.25 Å². The van der Waals surface area contributed by atoms with Crippen LogP contribution in [0.4, 0.5) is 0 Å². The molecule has 0 unspecified atom stereocenters. The Hall–Kier alpha value is -0.380. The highest BCUT2D eigenvalue weighted by Gasteiger charge is 2.13. The molecule has 0 saturated heterocycles. The molecule has 4 heteroatoms. The van der Waals surface area contributed by atoms with Gasteiger partial charge in [-0.1, -0.05) is 0 Å². The van der Waals surface area contributed by atoms with Crippen LogP contribution in [0.25, 0.3) is 0 Å². The second-order valence-corrected chi connectivity index (χ2v) is 4.65. The summed E-state index contributed by atoms with van der Waals surface area (Å²) in [5.74, 6) is -0.356. The first-order valence-electron chi connectivity index (χ1n) is 2.66. The molecule has 0 fully saturated rings. The van der Waals surface area contributed by atoms with Gasteiger partial charge in [0.1, 0.15) is 12.0 Å². The lowest BCUT2D eigenvalue weighted by Gasteiger charge is -2.00. The number of hydrogen-bond donors (Lipinski definition) is 0. The van der Waals surface area contributed by atoms with Gasteiger partial charge in [-0.25, -0.2) is 8.42 Å². The van der Waals surface area contributed by atoms with Gasteiger partial charge in [-0.05, 0) is 13.8 Å². The maximum Gasteiger partial charge on any atom is 0.159 e. The Kier molecular flexibility index (Phi) is 2.84. The summed E-state index contributed by atoms with van der Waals surface area (Å²) in [5, 5.41) is -0.442. The summed E-state index contributed by atoms with van der Waals surface area (Å²) in [4.78, 5) is 9.75. The van der Waals surface area contributed by atoms with Crippen LogP contribution in [-0.4, -0.2) is 25.7 Å². The Labute approximate surface area is 55.0 Å². The van der Waals surface area contributed by atoms with Gasteiger partial charge in [-0.2, -0.15) is 0 Å². The zero-order valence-corrected chi connectivity index (χ0v) is 6.31. The van der Waals surface area contributed by atoms with E-state index in [4.69, 9.17) is 0 Å². The molecule has 0 aliphatic rings. The van der Waals surface area contributed by atoms with E-state index in [1.807, 2.05) is 0 Å². The number of hydrogen-bond acceptors (Lipinski definition) is 3. The van der Waals surface area contributed by atoms with Crippen LogP contribution >= 0.6 is 0 Å². The molecule has 0 aliphatic heterocycles. The van der Waals surface area contributed by atoms with Gasteiger partial charge in [0.2, 0.25) is 0 Å². The predicted molar refractivity (Wildman–Crippen MR) is 35.0 cm³/mol. The smallest absolute Gasteiger partial charge is 0.159 e. The van der Waals surface area contributed by atoms with Gasteiger partial charge in [0, 0.05) is 0 Å². The minimum absolute atomic E-state index is 0.356. The lowest BCUT2D eigenvalue weighted by molar-refractivity contribution is -0.105. The van der Waals surface area contributed by atoms with Crippen molar-refractivity contribution in [3.8, 4) is 0 Å². The fourth-order valence-electron chi connectivity index (χ4n) is 0.287. The van der Waals surface area contributed by atoms with E-state index in [1.54, 1.807) is 13.8 Å². The average molecular weight is 150 g/mol. The largest absolute Gasteiger partial charge is 0.302 e. The quantitative estimate of drug-likeness (QED) is 0.532. The van der Waals surface area contributed by atoms with Gasteiger partial charge in [-0.3, -0.25) is 0 Å². The molecule has 0 aliphatic carbocycles. The van der Waals surface area contributed by atoms with Crippen molar-refractivity contribution in [1.29, 1.82) is 0 Å². The molecule has 0 amide bonds. The van der Waals surface area contributed by atoms with E-state index in [0.717, 1.165) is 0 Å². The van der Waals surface area contributed by atoms with Crippen molar-refractivity contribution < 1.29 is 13.2 Å². The van der Waals surface area contributed by atoms with E-state index in [0.29, 0.717) is 6.29 Å². The summed E-state index contributed by atoms with van der Waals surface area (Å²) in [6.07, 6.45) is 0.412. The highest BCUT2D eigenvalue weighted by Crippen LogP contribution is 1.97. The maximum atomic E-state index is 10.7. The van der Waals surface area contributed by atoms with Crippen LogP contribution < -0.4 is 0 Å². The maximum absolute atomic E-state index is 10.7. The second kappa shape index (κ2) is 2.96. The standard InChI is InChI=1S/C5H10O3S/c1-5(2)9(7,8)4-3-6/h3,5H,4H2,1-2H3. The molecule has 0 atom stereocenters. The summed E-state index contributed by atoms with van der Waals surface area (Å²) in [6.45, 7) is 3.11. The molecule has 0 heterocycles. The minimum Gasteiger partial charge on any atom is -0.302 e. The Morgan fingerprint density at radius 2 is 1.89 bits per heavy atom. The molecular weight excluding hydrogens is 140 g/mol. The van der Waals surface area contributed by atoms with E-state index < -0.39 is 15.1 Å². The first-order chi connectivity index (χ1) is 4.00. The monoisotopic (exact) mass is 150 g/mol. The number of carbonyl (C=O) groups excluding carboxylic acids is 1. The van der Waals surface area contributed by atoms with Gasteiger partial charge in [0.25, 0.3) is 0 Å². The molecule has 3 nitrogen and oxygen atoms in total. The third-order valence-corrected chi connectivity index (χ3v) is 3.06. The van der Waals surface area contributed by atoms with Crippen LogP contribution in [0.2, 0.25) is 0 Å². The van der Waals surface area contributed by atoms with Gasteiger partial charge in [0.15, 0.2) is 9.84 Å². The van der Waals surface area contributed by atoms with Crippen molar-refractivity contribution in [1.82, 2.24) is 0 Å². The first-order valence-corrected chi connectivity index (χ1v) is 4.37. The molecule has 54 valence electrons. The molecule has 0 spiro atoms. The van der Waals surface area contributed by atoms with E-state index in [9.17, 15) is 13.2 Å². The lowest BCUT2D eigenvalue weighted by atomic mass is 10.6. The molecular formula is C5H10O3S. The molecule has 0 rings (SSSR count). The Balaban J connectivity index is 4.22. The molecule has 0 radical (unpaired) electrons. The first kappa shape index (κ1) is 8.62. The highest BCUT2D eigenvalue weighted by atomic mass is 32.2. The van der Waals surface area contributed by atoms with Crippen molar-refractivity contribution in [3.63, 3.8) is 0 Å². The van der Waals surface area contributed by atoms with Crippen molar-refractivity contribution in [2.45, 2.75) is 19.1 Å². The Morgan fingerprint density at radius 3 is 2.00 bits per heavy atom. The van der Waals surface area contributed by atoms with Crippen molar-refractivity contribution in [2.75, 3.05) is 5.75 Å². The SMILES string of the molecule is CC(C)S(=O)(=O)CC=O.